The Morgan fingerprint density at radius 3 is 3.13 bits per heavy atom. The number of hydrogen-bond acceptors (Lipinski definition) is 4. The fourth-order valence-electron chi connectivity index (χ4n) is 2.13. The first-order chi connectivity index (χ1) is 7.33. The molecule has 82 valence electrons. The van der Waals surface area contributed by atoms with Crippen molar-refractivity contribution < 1.29 is 5.11 Å². The second kappa shape index (κ2) is 4.49. The van der Waals surface area contributed by atoms with Crippen LogP contribution in [-0.2, 0) is 0 Å². The van der Waals surface area contributed by atoms with Gasteiger partial charge in [-0.2, -0.15) is 0 Å². The minimum Gasteiger partial charge on any atom is -0.504 e. The van der Waals surface area contributed by atoms with Gasteiger partial charge >= 0.3 is 0 Å². The van der Waals surface area contributed by atoms with E-state index in [0.29, 0.717) is 18.4 Å². The molecule has 1 aromatic rings. The number of pyridine rings is 1. The SMILES string of the molecule is NC[C@H]1CCCCN1c1ncccc1O. The summed E-state index contributed by atoms with van der Waals surface area (Å²) >= 11 is 0. The molecule has 0 unspecified atom stereocenters. The topological polar surface area (TPSA) is 62.4 Å². The van der Waals surface area contributed by atoms with Crippen LogP contribution in [0.1, 0.15) is 19.3 Å². The van der Waals surface area contributed by atoms with Crippen molar-refractivity contribution in [3.63, 3.8) is 0 Å². The van der Waals surface area contributed by atoms with Gasteiger partial charge in [0.1, 0.15) is 0 Å². The first-order valence-corrected chi connectivity index (χ1v) is 5.43. The fourth-order valence-corrected chi connectivity index (χ4v) is 2.13. The fraction of sp³-hybridized carbons (Fsp3) is 0.545. The van der Waals surface area contributed by atoms with E-state index in [9.17, 15) is 5.11 Å². The van der Waals surface area contributed by atoms with E-state index in [0.717, 1.165) is 19.4 Å². The van der Waals surface area contributed by atoms with Crippen LogP contribution in [0.15, 0.2) is 18.3 Å². The first-order valence-electron chi connectivity index (χ1n) is 5.43. The standard InChI is InChI=1S/C11H17N3O/c12-8-9-4-1-2-7-14(9)11-10(15)5-3-6-13-11/h3,5-6,9,15H,1-2,4,7-8,12H2/t9-/m1/s1. The van der Waals surface area contributed by atoms with E-state index < -0.39 is 0 Å². The van der Waals surface area contributed by atoms with Gasteiger partial charge in [-0.05, 0) is 31.4 Å². The number of piperidine rings is 1. The molecule has 1 fully saturated rings. The molecule has 2 heterocycles. The highest BCUT2D eigenvalue weighted by Crippen LogP contribution is 2.29. The highest BCUT2D eigenvalue weighted by atomic mass is 16.3. The Morgan fingerprint density at radius 2 is 2.40 bits per heavy atom. The molecule has 0 saturated carbocycles. The van der Waals surface area contributed by atoms with Crippen LogP contribution in [0.5, 0.6) is 5.75 Å². The summed E-state index contributed by atoms with van der Waals surface area (Å²) in [5.41, 5.74) is 5.73. The molecule has 0 spiro atoms. The zero-order valence-corrected chi connectivity index (χ0v) is 8.76. The van der Waals surface area contributed by atoms with Crippen LogP contribution in [0.3, 0.4) is 0 Å². The zero-order valence-electron chi connectivity index (χ0n) is 8.76. The highest BCUT2D eigenvalue weighted by molar-refractivity contribution is 5.52. The van der Waals surface area contributed by atoms with Gasteiger partial charge in [0.25, 0.3) is 0 Å². The molecule has 1 aromatic heterocycles. The second-order valence-corrected chi connectivity index (χ2v) is 3.92. The van der Waals surface area contributed by atoms with Crippen molar-refractivity contribution in [2.75, 3.05) is 18.0 Å². The summed E-state index contributed by atoms with van der Waals surface area (Å²) in [6.07, 6.45) is 5.15. The van der Waals surface area contributed by atoms with E-state index in [1.165, 1.54) is 6.42 Å². The predicted octanol–water partition coefficient (Wildman–Crippen LogP) is 1.10. The third kappa shape index (κ3) is 2.04. The van der Waals surface area contributed by atoms with E-state index in [2.05, 4.69) is 9.88 Å². The van der Waals surface area contributed by atoms with E-state index in [-0.39, 0.29) is 5.75 Å². The molecule has 0 bridgehead atoms. The number of aromatic hydroxyl groups is 1. The molecule has 1 aliphatic rings. The summed E-state index contributed by atoms with van der Waals surface area (Å²) in [6, 6.07) is 3.73. The Labute approximate surface area is 89.7 Å². The van der Waals surface area contributed by atoms with Crippen molar-refractivity contribution in [3.8, 4) is 5.75 Å². The molecule has 4 nitrogen and oxygen atoms in total. The molecular weight excluding hydrogens is 190 g/mol. The van der Waals surface area contributed by atoms with Gasteiger partial charge in [0.15, 0.2) is 11.6 Å². The third-order valence-electron chi connectivity index (χ3n) is 2.94. The average molecular weight is 207 g/mol. The molecule has 3 N–H and O–H groups in total. The average Bonchev–Trinajstić information content (AvgIpc) is 2.30. The summed E-state index contributed by atoms with van der Waals surface area (Å²) < 4.78 is 0. The number of nitrogens with two attached hydrogens (primary N) is 1. The van der Waals surface area contributed by atoms with Gasteiger partial charge in [-0.1, -0.05) is 0 Å². The lowest BCUT2D eigenvalue weighted by Crippen LogP contribution is -2.44. The van der Waals surface area contributed by atoms with Crippen LogP contribution >= 0.6 is 0 Å². The minimum absolute atomic E-state index is 0.248. The van der Waals surface area contributed by atoms with Gasteiger partial charge in [0, 0.05) is 25.3 Å². The van der Waals surface area contributed by atoms with Crippen molar-refractivity contribution in [2.24, 2.45) is 5.73 Å². The monoisotopic (exact) mass is 207 g/mol. The predicted molar refractivity (Wildman–Crippen MR) is 59.9 cm³/mol. The lowest BCUT2D eigenvalue weighted by atomic mass is 10.0. The van der Waals surface area contributed by atoms with Gasteiger partial charge < -0.3 is 15.7 Å². The third-order valence-corrected chi connectivity index (χ3v) is 2.94. The van der Waals surface area contributed by atoms with Gasteiger partial charge in [-0.15, -0.1) is 0 Å². The molecule has 2 rings (SSSR count). The number of rotatable bonds is 2. The molecule has 1 saturated heterocycles. The van der Waals surface area contributed by atoms with Crippen LogP contribution in [0.2, 0.25) is 0 Å². The van der Waals surface area contributed by atoms with E-state index in [4.69, 9.17) is 5.73 Å². The van der Waals surface area contributed by atoms with Crippen molar-refractivity contribution in [2.45, 2.75) is 25.3 Å². The smallest absolute Gasteiger partial charge is 0.171 e. The second-order valence-electron chi connectivity index (χ2n) is 3.92. The molecule has 0 radical (unpaired) electrons. The van der Waals surface area contributed by atoms with Crippen LogP contribution in [0.25, 0.3) is 0 Å². The Balaban J connectivity index is 2.24. The van der Waals surface area contributed by atoms with Crippen molar-refractivity contribution in [1.29, 1.82) is 0 Å². The highest BCUT2D eigenvalue weighted by Gasteiger charge is 2.23. The molecule has 1 atom stereocenters. The lowest BCUT2D eigenvalue weighted by molar-refractivity contribution is 0.437. The van der Waals surface area contributed by atoms with E-state index in [1.54, 1.807) is 18.3 Å². The number of anilines is 1. The zero-order chi connectivity index (χ0) is 10.7. The number of nitrogens with zero attached hydrogens (tertiary/aromatic N) is 2. The Morgan fingerprint density at radius 1 is 1.53 bits per heavy atom. The number of aromatic nitrogens is 1. The maximum absolute atomic E-state index is 9.73. The van der Waals surface area contributed by atoms with Crippen molar-refractivity contribution in [3.05, 3.63) is 18.3 Å². The first kappa shape index (κ1) is 10.2. The van der Waals surface area contributed by atoms with Gasteiger partial charge in [-0.3, -0.25) is 0 Å². The van der Waals surface area contributed by atoms with Crippen LogP contribution in [-0.4, -0.2) is 29.2 Å². The normalized spacial score (nSPS) is 21.7. The summed E-state index contributed by atoms with van der Waals surface area (Å²) in [6.45, 7) is 1.56. The minimum atomic E-state index is 0.248. The van der Waals surface area contributed by atoms with Crippen LogP contribution < -0.4 is 10.6 Å². The lowest BCUT2D eigenvalue weighted by Gasteiger charge is -2.36. The largest absolute Gasteiger partial charge is 0.504 e. The van der Waals surface area contributed by atoms with Crippen molar-refractivity contribution in [1.82, 2.24) is 4.98 Å². The van der Waals surface area contributed by atoms with E-state index >= 15 is 0 Å². The molecule has 0 aromatic carbocycles. The van der Waals surface area contributed by atoms with Crippen LogP contribution in [0, 0.1) is 0 Å². The molecule has 0 amide bonds. The molecule has 1 aliphatic heterocycles. The quantitative estimate of drug-likeness (QED) is 0.762. The summed E-state index contributed by atoms with van der Waals surface area (Å²) in [7, 11) is 0. The molecule has 4 heteroatoms. The van der Waals surface area contributed by atoms with Crippen LogP contribution in [0.4, 0.5) is 5.82 Å². The summed E-state index contributed by atoms with van der Waals surface area (Å²) in [5.74, 6) is 0.922. The Bertz CT molecular complexity index is 329. The van der Waals surface area contributed by atoms with Gasteiger partial charge in [0.05, 0.1) is 0 Å². The molecule has 0 aliphatic carbocycles. The van der Waals surface area contributed by atoms with E-state index in [1.807, 2.05) is 0 Å². The maximum Gasteiger partial charge on any atom is 0.171 e. The van der Waals surface area contributed by atoms with Gasteiger partial charge in [-0.25, -0.2) is 4.98 Å². The van der Waals surface area contributed by atoms with Gasteiger partial charge in [0.2, 0.25) is 0 Å². The Kier molecular flexibility index (Phi) is 3.06. The van der Waals surface area contributed by atoms with Crippen molar-refractivity contribution >= 4 is 5.82 Å². The Hall–Kier alpha value is -1.29. The molecule has 15 heavy (non-hydrogen) atoms. The number of hydrogen-bond donors (Lipinski definition) is 2. The summed E-state index contributed by atoms with van der Waals surface area (Å²) in [4.78, 5) is 6.34. The molecular formula is C11H17N3O. The summed E-state index contributed by atoms with van der Waals surface area (Å²) in [5, 5.41) is 9.73. The maximum atomic E-state index is 9.73.